The van der Waals surface area contributed by atoms with Gasteiger partial charge in [0.2, 0.25) is 0 Å². The molecular formula is C14H11ClF2O2. The zero-order valence-corrected chi connectivity index (χ0v) is 10.8. The van der Waals surface area contributed by atoms with E-state index in [-0.39, 0.29) is 16.1 Å². The zero-order chi connectivity index (χ0) is 14.0. The summed E-state index contributed by atoms with van der Waals surface area (Å²) in [5, 5.41) is 10.3. The van der Waals surface area contributed by atoms with E-state index in [1.165, 1.54) is 31.4 Å². The lowest BCUT2D eigenvalue weighted by atomic mass is 10.0. The molecular weight excluding hydrogens is 274 g/mol. The van der Waals surface area contributed by atoms with E-state index < -0.39 is 17.7 Å². The second-order valence-electron chi connectivity index (χ2n) is 3.95. The molecule has 2 aromatic rings. The third kappa shape index (κ3) is 2.85. The van der Waals surface area contributed by atoms with Crippen molar-refractivity contribution in [1.82, 2.24) is 0 Å². The minimum atomic E-state index is -1.20. The first kappa shape index (κ1) is 13.8. The lowest BCUT2D eigenvalue weighted by molar-refractivity contribution is 0.214. The third-order valence-electron chi connectivity index (χ3n) is 2.74. The van der Waals surface area contributed by atoms with Crippen LogP contribution in [-0.4, -0.2) is 12.2 Å². The first-order valence-electron chi connectivity index (χ1n) is 5.49. The van der Waals surface area contributed by atoms with Gasteiger partial charge in [-0.25, -0.2) is 8.78 Å². The molecule has 0 aromatic heterocycles. The normalized spacial score (nSPS) is 12.3. The Kier molecular flexibility index (Phi) is 4.02. The molecule has 1 atom stereocenters. The number of halogens is 3. The van der Waals surface area contributed by atoms with E-state index in [9.17, 15) is 13.9 Å². The number of aliphatic hydroxyl groups is 1. The Morgan fingerprint density at radius 2 is 1.68 bits per heavy atom. The summed E-state index contributed by atoms with van der Waals surface area (Å²) in [6.45, 7) is 0. The molecule has 19 heavy (non-hydrogen) atoms. The van der Waals surface area contributed by atoms with Crippen molar-refractivity contribution in [2.75, 3.05) is 7.11 Å². The van der Waals surface area contributed by atoms with Crippen molar-refractivity contribution in [2.45, 2.75) is 6.10 Å². The largest absolute Gasteiger partial charge is 0.496 e. The zero-order valence-electron chi connectivity index (χ0n) is 10.0. The maximum absolute atomic E-state index is 13.3. The Balaban J connectivity index is 2.49. The van der Waals surface area contributed by atoms with Crippen LogP contribution in [0.15, 0.2) is 36.4 Å². The molecule has 0 aliphatic heterocycles. The van der Waals surface area contributed by atoms with Gasteiger partial charge in [-0.05, 0) is 30.3 Å². The fourth-order valence-electron chi connectivity index (χ4n) is 1.81. The Labute approximate surface area is 114 Å². The van der Waals surface area contributed by atoms with Gasteiger partial charge in [0.25, 0.3) is 0 Å². The highest BCUT2D eigenvalue weighted by Crippen LogP contribution is 2.34. The highest BCUT2D eigenvalue weighted by atomic mass is 35.5. The highest BCUT2D eigenvalue weighted by molar-refractivity contribution is 6.31. The van der Waals surface area contributed by atoms with Crippen LogP contribution in [-0.2, 0) is 0 Å². The minimum Gasteiger partial charge on any atom is -0.496 e. The summed E-state index contributed by atoms with van der Waals surface area (Å²) in [7, 11) is 1.41. The van der Waals surface area contributed by atoms with Gasteiger partial charge in [0.05, 0.1) is 7.11 Å². The van der Waals surface area contributed by atoms with E-state index in [1.54, 1.807) is 0 Å². The number of benzene rings is 2. The molecule has 0 aliphatic rings. The lowest BCUT2D eigenvalue weighted by Crippen LogP contribution is -2.04. The van der Waals surface area contributed by atoms with Crippen LogP contribution < -0.4 is 4.74 Å². The molecule has 0 amide bonds. The van der Waals surface area contributed by atoms with Crippen LogP contribution in [0.4, 0.5) is 8.78 Å². The Hall–Kier alpha value is -1.65. The molecule has 5 heteroatoms. The second-order valence-corrected chi connectivity index (χ2v) is 4.36. The predicted molar refractivity (Wildman–Crippen MR) is 68.4 cm³/mol. The van der Waals surface area contributed by atoms with Gasteiger partial charge in [-0.15, -0.1) is 0 Å². The van der Waals surface area contributed by atoms with Crippen LogP contribution >= 0.6 is 11.6 Å². The average molecular weight is 285 g/mol. The maximum Gasteiger partial charge on any atom is 0.125 e. The molecule has 2 aromatic carbocycles. The average Bonchev–Trinajstić information content (AvgIpc) is 2.38. The van der Waals surface area contributed by atoms with Crippen molar-refractivity contribution in [3.8, 4) is 5.75 Å². The van der Waals surface area contributed by atoms with Gasteiger partial charge in [0.15, 0.2) is 0 Å². The van der Waals surface area contributed by atoms with Gasteiger partial charge in [0, 0.05) is 16.1 Å². The van der Waals surface area contributed by atoms with Gasteiger partial charge in [-0.1, -0.05) is 17.7 Å². The molecule has 0 saturated carbocycles. The molecule has 0 heterocycles. The van der Waals surface area contributed by atoms with Gasteiger partial charge in [-0.2, -0.15) is 0 Å². The molecule has 1 N–H and O–H groups in total. The summed E-state index contributed by atoms with van der Waals surface area (Å²) in [5.41, 5.74) is 0.517. The van der Waals surface area contributed by atoms with E-state index in [2.05, 4.69) is 0 Å². The fourth-order valence-corrected chi connectivity index (χ4v) is 2.08. The fraction of sp³-hybridized carbons (Fsp3) is 0.143. The van der Waals surface area contributed by atoms with Gasteiger partial charge >= 0.3 is 0 Å². The summed E-state index contributed by atoms with van der Waals surface area (Å²) in [6, 6.07) is 7.41. The molecule has 0 saturated heterocycles. The minimum absolute atomic E-state index is 0.0683. The number of hydrogen-bond donors (Lipinski definition) is 1. The van der Waals surface area contributed by atoms with Crippen LogP contribution in [0.2, 0.25) is 5.02 Å². The van der Waals surface area contributed by atoms with Crippen molar-refractivity contribution in [3.05, 3.63) is 64.2 Å². The van der Waals surface area contributed by atoms with Gasteiger partial charge < -0.3 is 9.84 Å². The van der Waals surface area contributed by atoms with Crippen molar-refractivity contribution in [3.63, 3.8) is 0 Å². The van der Waals surface area contributed by atoms with Crippen molar-refractivity contribution >= 4 is 11.6 Å². The number of hydrogen-bond acceptors (Lipinski definition) is 2. The summed E-state index contributed by atoms with van der Waals surface area (Å²) in [6.07, 6.45) is -1.20. The highest BCUT2D eigenvalue weighted by Gasteiger charge is 2.19. The van der Waals surface area contributed by atoms with Gasteiger partial charge in [0.1, 0.15) is 23.5 Å². The molecule has 2 nitrogen and oxygen atoms in total. The molecule has 1 unspecified atom stereocenters. The van der Waals surface area contributed by atoms with Crippen molar-refractivity contribution < 1.29 is 18.6 Å². The van der Waals surface area contributed by atoms with Crippen LogP contribution in [0.1, 0.15) is 17.2 Å². The van der Waals surface area contributed by atoms with Crippen LogP contribution in [0.3, 0.4) is 0 Å². The molecule has 100 valence electrons. The second kappa shape index (κ2) is 5.55. The number of aliphatic hydroxyl groups excluding tert-OH is 1. The van der Waals surface area contributed by atoms with Crippen LogP contribution in [0, 0.1) is 11.6 Å². The summed E-state index contributed by atoms with van der Waals surface area (Å²) < 4.78 is 31.3. The van der Waals surface area contributed by atoms with Crippen molar-refractivity contribution in [1.29, 1.82) is 0 Å². The monoisotopic (exact) mass is 284 g/mol. The van der Waals surface area contributed by atoms with Gasteiger partial charge in [-0.3, -0.25) is 0 Å². The van der Waals surface area contributed by atoms with Crippen LogP contribution in [0.25, 0.3) is 0 Å². The Bertz CT molecular complexity index is 602. The maximum atomic E-state index is 13.3. The smallest absolute Gasteiger partial charge is 0.125 e. The topological polar surface area (TPSA) is 29.5 Å². The molecule has 0 aliphatic carbocycles. The first-order chi connectivity index (χ1) is 9.02. The van der Waals surface area contributed by atoms with E-state index in [0.29, 0.717) is 5.75 Å². The van der Waals surface area contributed by atoms with E-state index in [1.807, 2.05) is 0 Å². The molecule has 0 spiro atoms. The van der Waals surface area contributed by atoms with E-state index in [0.717, 1.165) is 12.1 Å². The lowest BCUT2D eigenvalue weighted by Gasteiger charge is -2.16. The molecule has 2 rings (SSSR count). The Morgan fingerprint density at radius 3 is 2.32 bits per heavy atom. The Morgan fingerprint density at radius 1 is 1.05 bits per heavy atom. The number of ether oxygens (including phenoxy) is 1. The van der Waals surface area contributed by atoms with E-state index >= 15 is 0 Å². The van der Waals surface area contributed by atoms with Crippen molar-refractivity contribution in [2.24, 2.45) is 0 Å². The summed E-state index contributed by atoms with van der Waals surface area (Å²) >= 11 is 5.88. The quantitative estimate of drug-likeness (QED) is 0.931. The molecule has 0 bridgehead atoms. The molecule has 0 fully saturated rings. The standard InChI is InChI=1S/C14H11ClF2O2/c1-19-13-5-3-8(16)6-11(13)14(18)10-4-2-9(17)7-12(10)15/h2-7,14,18H,1H3. The molecule has 0 radical (unpaired) electrons. The number of methoxy groups -OCH3 is 1. The third-order valence-corrected chi connectivity index (χ3v) is 3.07. The number of rotatable bonds is 3. The first-order valence-corrected chi connectivity index (χ1v) is 5.87. The summed E-state index contributed by atoms with van der Waals surface area (Å²) in [4.78, 5) is 0. The predicted octanol–water partition coefficient (Wildman–Crippen LogP) is 3.71. The van der Waals surface area contributed by atoms with Crippen LogP contribution in [0.5, 0.6) is 5.75 Å². The van der Waals surface area contributed by atoms with E-state index in [4.69, 9.17) is 16.3 Å². The SMILES string of the molecule is COc1ccc(F)cc1C(O)c1ccc(F)cc1Cl. The summed E-state index contributed by atoms with van der Waals surface area (Å²) in [5.74, 6) is -0.686.